The molecule has 306 valence electrons. The Labute approximate surface area is 331 Å². The predicted molar refractivity (Wildman–Crippen MR) is 228 cm³/mol. The molecule has 0 fully saturated rings. The molecule has 0 rings (SSSR count). The van der Waals surface area contributed by atoms with Crippen LogP contribution in [0.25, 0.3) is 0 Å². The molecule has 0 bridgehead atoms. The highest BCUT2D eigenvalue weighted by Gasteiger charge is 2.19. The third-order valence-corrected chi connectivity index (χ3v) is 8.71. The highest BCUT2D eigenvalue weighted by molar-refractivity contribution is 5.72. The van der Waals surface area contributed by atoms with Crippen LogP contribution < -0.4 is 0 Å². The Hall–Kier alpha value is -3.41. The van der Waals surface area contributed by atoms with Crippen LogP contribution in [0.4, 0.5) is 0 Å². The average molecular weight is 751 g/mol. The van der Waals surface area contributed by atoms with Gasteiger partial charge in [0.25, 0.3) is 0 Å². The molecule has 6 heteroatoms. The van der Waals surface area contributed by atoms with Crippen molar-refractivity contribution in [3.05, 3.63) is 85.1 Å². The summed E-state index contributed by atoms with van der Waals surface area (Å²) >= 11 is 0. The van der Waals surface area contributed by atoms with Gasteiger partial charge in [0.05, 0.1) is 6.42 Å². The fourth-order valence-electron chi connectivity index (χ4n) is 5.50. The molecule has 0 saturated heterocycles. The van der Waals surface area contributed by atoms with Gasteiger partial charge in [0.2, 0.25) is 0 Å². The number of carbonyl (C=O) groups excluding carboxylic acids is 3. The van der Waals surface area contributed by atoms with Crippen molar-refractivity contribution >= 4 is 17.9 Å². The molecule has 0 aromatic carbocycles. The maximum atomic E-state index is 12.7. The van der Waals surface area contributed by atoms with Gasteiger partial charge in [-0.25, -0.2) is 0 Å². The van der Waals surface area contributed by atoms with E-state index in [9.17, 15) is 14.4 Å². The summed E-state index contributed by atoms with van der Waals surface area (Å²) in [6.45, 7) is 6.22. The molecule has 0 amide bonds. The third kappa shape index (κ3) is 39.8. The van der Waals surface area contributed by atoms with Crippen molar-refractivity contribution in [3.8, 4) is 0 Å². The molecule has 0 radical (unpaired) electrons. The average Bonchev–Trinajstić information content (AvgIpc) is 3.17. The monoisotopic (exact) mass is 751 g/mol. The second-order valence-corrected chi connectivity index (χ2v) is 13.9. The van der Waals surface area contributed by atoms with E-state index in [0.717, 1.165) is 96.3 Å². The largest absolute Gasteiger partial charge is 0.462 e. The molecule has 0 aliphatic heterocycles. The van der Waals surface area contributed by atoms with E-state index in [-0.39, 0.29) is 38.0 Å². The summed E-state index contributed by atoms with van der Waals surface area (Å²) in [6.07, 6.45) is 53.2. The second kappa shape index (κ2) is 42.3. The molecule has 54 heavy (non-hydrogen) atoms. The number of ether oxygens (including phenoxy) is 3. The van der Waals surface area contributed by atoms with Crippen LogP contribution in [0.3, 0.4) is 0 Å². The lowest BCUT2D eigenvalue weighted by atomic mass is 10.1. The topological polar surface area (TPSA) is 78.9 Å². The van der Waals surface area contributed by atoms with Crippen LogP contribution in [0.5, 0.6) is 0 Å². The van der Waals surface area contributed by atoms with Gasteiger partial charge in [-0.05, 0) is 77.0 Å². The highest BCUT2D eigenvalue weighted by Crippen LogP contribution is 2.12. The van der Waals surface area contributed by atoms with Crippen molar-refractivity contribution in [1.29, 1.82) is 0 Å². The van der Waals surface area contributed by atoms with Gasteiger partial charge in [0, 0.05) is 12.8 Å². The third-order valence-electron chi connectivity index (χ3n) is 8.71. The lowest BCUT2D eigenvalue weighted by Gasteiger charge is -2.18. The van der Waals surface area contributed by atoms with Gasteiger partial charge in [0.15, 0.2) is 6.10 Å². The number of hydrogen-bond donors (Lipinski definition) is 0. The molecular formula is C48H78O6. The van der Waals surface area contributed by atoms with E-state index >= 15 is 0 Å². The molecule has 0 aromatic rings. The van der Waals surface area contributed by atoms with Crippen molar-refractivity contribution in [2.45, 2.75) is 187 Å². The number of allylic oxidation sites excluding steroid dienone is 13. The zero-order chi connectivity index (χ0) is 39.4. The minimum Gasteiger partial charge on any atom is -0.462 e. The normalized spacial score (nSPS) is 12.9. The Morgan fingerprint density at radius 2 is 0.889 bits per heavy atom. The van der Waals surface area contributed by atoms with Crippen molar-refractivity contribution in [2.24, 2.45) is 0 Å². The summed E-state index contributed by atoms with van der Waals surface area (Å²) in [6, 6.07) is 0. The zero-order valence-electron chi connectivity index (χ0n) is 34.7. The van der Waals surface area contributed by atoms with Crippen molar-refractivity contribution < 1.29 is 28.6 Å². The summed E-state index contributed by atoms with van der Waals surface area (Å²) in [5.41, 5.74) is 0. The molecule has 6 nitrogen and oxygen atoms in total. The molecule has 0 aromatic heterocycles. The van der Waals surface area contributed by atoms with E-state index in [1.54, 1.807) is 6.08 Å². The van der Waals surface area contributed by atoms with E-state index in [0.29, 0.717) is 6.42 Å². The Balaban J connectivity index is 4.50. The Kier molecular flexibility index (Phi) is 39.7. The lowest BCUT2D eigenvalue weighted by Crippen LogP contribution is -2.30. The summed E-state index contributed by atoms with van der Waals surface area (Å²) < 4.78 is 16.5. The number of hydrogen-bond acceptors (Lipinski definition) is 6. The van der Waals surface area contributed by atoms with Crippen LogP contribution in [0.1, 0.15) is 181 Å². The molecule has 0 aliphatic carbocycles. The Morgan fingerprint density at radius 1 is 0.426 bits per heavy atom. The van der Waals surface area contributed by atoms with Gasteiger partial charge in [0.1, 0.15) is 13.2 Å². The SMILES string of the molecule is CC\C=C/C=C\C=C/CCCCCCCC(=O)OC(COC(=O)C/C=C\C/C=C\C/C=C\CC)COC(=O)CCCCC/C=C\CCCCCCCCC. The lowest BCUT2D eigenvalue weighted by molar-refractivity contribution is -0.166. The molecule has 0 aliphatic rings. The summed E-state index contributed by atoms with van der Waals surface area (Å²) in [5, 5.41) is 0. The van der Waals surface area contributed by atoms with Crippen molar-refractivity contribution in [3.63, 3.8) is 0 Å². The van der Waals surface area contributed by atoms with E-state index < -0.39 is 12.1 Å². The van der Waals surface area contributed by atoms with Crippen LogP contribution in [-0.4, -0.2) is 37.2 Å². The van der Waals surface area contributed by atoms with E-state index in [4.69, 9.17) is 14.2 Å². The minimum absolute atomic E-state index is 0.121. The zero-order valence-corrected chi connectivity index (χ0v) is 34.7. The molecule has 0 saturated carbocycles. The first-order valence-corrected chi connectivity index (χ1v) is 21.6. The summed E-state index contributed by atoms with van der Waals surface area (Å²) in [7, 11) is 0. The molecule has 1 atom stereocenters. The predicted octanol–water partition coefficient (Wildman–Crippen LogP) is 13.7. The molecular weight excluding hydrogens is 673 g/mol. The van der Waals surface area contributed by atoms with Crippen molar-refractivity contribution in [1.82, 2.24) is 0 Å². The number of unbranched alkanes of at least 4 members (excludes halogenated alkanes) is 15. The Bertz CT molecular complexity index is 1090. The smallest absolute Gasteiger partial charge is 0.309 e. The van der Waals surface area contributed by atoms with Gasteiger partial charge in [-0.3, -0.25) is 14.4 Å². The molecule has 0 N–H and O–H groups in total. The summed E-state index contributed by atoms with van der Waals surface area (Å²) in [5.74, 6) is -1.10. The van der Waals surface area contributed by atoms with Gasteiger partial charge in [-0.2, -0.15) is 0 Å². The van der Waals surface area contributed by atoms with E-state index in [1.807, 2.05) is 12.2 Å². The molecule has 0 heterocycles. The van der Waals surface area contributed by atoms with Crippen LogP contribution in [0.2, 0.25) is 0 Å². The maximum Gasteiger partial charge on any atom is 0.309 e. The van der Waals surface area contributed by atoms with Gasteiger partial charge in [-0.1, -0.05) is 170 Å². The van der Waals surface area contributed by atoms with Crippen molar-refractivity contribution in [2.75, 3.05) is 13.2 Å². The highest BCUT2D eigenvalue weighted by atomic mass is 16.6. The number of esters is 3. The standard InChI is InChI=1S/C48H78O6/c1-4-7-10-13-16-19-21-23-25-26-29-32-35-38-41-47(50)53-44-45(43-52-46(49)40-37-34-31-28-18-15-12-9-6-3)54-48(51)42-39-36-33-30-27-24-22-20-17-14-11-8-5-2/h8-9,11-12,14,17-18,20,22,25-26,28,34,37,45H,4-7,10,13,15-16,19,21,23-24,27,29-33,35-36,38-44H2,1-3H3/b11-8-,12-9-,17-14-,22-20-,26-25-,28-18-,37-34-. The quantitative estimate of drug-likeness (QED) is 0.0207. The minimum atomic E-state index is -0.826. The molecule has 0 spiro atoms. The fourth-order valence-corrected chi connectivity index (χ4v) is 5.50. The first-order valence-electron chi connectivity index (χ1n) is 21.6. The van der Waals surface area contributed by atoms with E-state index in [2.05, 4.69) is 87.6 Å². The van der Waals surface area contributed by atoms with E-state index in [1.165, 1.54) is 44.9 Å². The molecule has 1 unspecified atom stereocenters. The Morgan fingerprint density at radius 3 is 1.50 bits per heavy atom. The van der Waals surface area contributed by atoms with Crippen LogP contribution in [0.15, 0.2) is 85.1 Å². The number of carbonyl (C=O) groups is 3. The van der Waals surface area contributed by atoms with Gasteiger partial charge >= 0.3 is 17.9 Å². The van der Waals surface area contributed by atoms with Crippen LogP contribution in [-0.2, 0) is 28.6 Å². The fraction of sp³-hybridized carbons (Fsp3) is 0.646. The maximum absolute atomic E-state index is 12.7. The number of rotatable bonds is 37. The van der Waals surface area contributed by atoms with Crippen LogP contribution in [0, 0.1) is 0 Å². The first-order chi connectivity index (χ1) is 26.5. The van der Waals surface area contributed by atoms with Gasteiger partial charge in [-0.15, -0.1) is 0 Å². The summed E-state index contributed by atoms with van der Waals surface area (Å²) in [4.78, 5) is 37.5. The first kappa shape index (κ1) is 50.6. The van der Waals surface area contributed by atoms with Crippen LogP contribution >= 0.6 is 0 Å². The van der Waals surface area contributed by atoms with Gasteiger partial charge < -0.3 is 14.2 Å². The second-order valence-electron chi connectivity index (χ2n) is 13.9.